The van der Waals surface area contributed by atoms with Gasteiger partial charge in [0.05, 0.1) is 0 Å². The van der Waals surface area contributed by atoms with Crippen LogP contribution in [0.1, 0.15) is 57.8 Å². The summed E-state index contributed by atoms with van der Waals surface area (Å²) < 4.78 is 0. The van der Waals surface area contributed by atoms with Crippen molar-refractivity contribution in [2.75, 3.05) is 26.2 Å². The first kappa shape index (κ1) is 14.6. The largest absolute Gasteiger partial charge is 0.330 e. The quantitative estimate of drug-likeness (QED) is 0.851. The maximum Gasteiger partial charge on any atom is 0.320 e. The van der Waals surface area contributed by atoms with E-state index in [1.165, 1.54) is 51.4 Å². The van der Waals surface area contributed by atoms with Gasteiger partial charge < -0.3 is 15.5 Å². The number of likely N-dealkylation sites (tertiary alicyclic amines) is 1. The van der Waals surface area contributed by atoms with E-state index in [4.69, 9.17) is 5.73 Å². The molecule has 0 bridgehead atoms. The molecule has 2 rings (SSSR count). The van der Waals surface area contributed by atoms with E-state index in [1.54, 1.807) is 0 Å². The Morgan fingerprint density at radius 1 is 1.05 bits per heavy atom. The predicted octanol–water partition coefficient (Wildman–Crippen LogP) is 2.58. The van der Waals surface area contributed by atoms with Crippen molar-refractivity contribution in [1.82, 2.24) is 9.80 Å². The molecule has 0 radical (unpaired) electrons. The number of nitrogens with two attached hydrogens (primary N) is 1. The summed E-state index contributed by atoms with van der Waals surface area (Å²) in [6.45, 7) is 3.42. The van der Waals surface area contributed by atoms with Crippen molar-refractivity contribution >= 4 is 6.03 Å². The molecule has 0 unspecified atom stereocenters. The summed E-state index contributed by atoms with van der Waals surface area (Å²) in [7, 11) is 0. The van der Waals surface area contributed by atoms with Crippen molar-refractivity contribution in [2.45, 2.75) is 63.8 Å². The first-order valence-electron chi connectivity index (χ1n) is 8.08. The fourth-order valence-electron chi connectivity index (χ4n) is 3.36. The lowest BCUT2D eigenvalue weighted by Crippen LogP contribution is -2.48. The van der Waals surface area contributed by atoms with Gasteiger partial charge in [0.25, 0.3) is 0 Å². The number of hydrogen-bond acceptors (Lipinski definition) is 2. The lowest BCUT2D eigenvalue weighted by molar-refractivity contribution is 0.134. The average molecular weight is 267 g/mol. The molecule has 0 aromatic heterocycles. The first-order chi connectivity index (χ1) is 9.33. The lowest BCUT2D eigenvalue weighted by atomic mass is 10.2. The van der Waals surface area contributed by atoms with Crippen molar-refractivity contribution in [3.8, 4) is 0 Å². The van der Waals surface area contributed by atoms with E-state index in [9.17, 15) is 4.79 Å². The summed E-state index contributed by atoms with van der Waals surface area (Å²) in [4.78, 5) is 17.0. The molecule has 110 valence electrons. The summed E-state index contributed by atoms with van der Waals surface area (Å²) in [5, 5.41) is 0. The number of urea groups is 1. The molecule has 2 amide bonds. The van der Waals surface area contributed by atoms with Crippen LogP contribution in [0.25, 0.3) is 0 Å². The summed E-state index contributed by atoms with van der Waals surface area (Å²) in [5.74, 6) is 0. The zero-order valence-corrected chi connectivity index (χ0v) is 12.1. The summed E-state index contributed by atoms with van der Waals surface area (Å²) in [5.41, 5.74) is 5.63. The van der Waals surface area contributed by atoms with Crippen molar-refractivity contribution < 1.29 is 4.79 Å². The zero-order valence-electron chi connectivity index (χ0n) is 12.1. The van der Waals surface area contributed by atoms with Crippen LogP contribution < -0.4 is 5.73 Å². The Balaban J connectivity index is 1.96. The molecular weight excluding hydrogens is 238 g/mol. The molecule has 1 aliphatic carbocycles. The van der Waals surface area contributed by atoms with Crippen LogP contribution in [-0.4, -0.2) is 48.1 Å². The third-order valence-electron chi connectivity index (χ3n) is 4.49. The zero-order chi connectivity index (χ0) is 13.5. The molecule has 1 aliphatic heterocycles. The van der Waals surface area contributed by atoms with Gasteiger partial charge in [-0.25, -0.2) is 4.79 Å². The van der Waals surface area contributed by atoms with Crippen molar-refractivity contribution in [3.05, 3.63) is 0 Å². The molecule has 1 saturated carbocycles. The topological polar surface area (TPSA) is 49.6 Å². The molecule has 1 saturated heterocycles. The molecule has 19 heavy (non-hydrogen) atoms. The normalized spacial score (nSPS) is 21.4. The van der Waals surface area contributed by atoms with Crippen LogP contribution in [-0.2, 0) is 0 Å². The molecule has 4 nitrogen and oxygen atoms in total. The Morgan fingerprint density at radius 3 is 2.26 bits per heavy atom. The molecule has 4 heteroatoms. The van der Waals surface area contributed by atoms with Gasteiger partial charge in [0.1, 0.15) is 0 Å². The third kappa shape index (κ3) is 4.10. The van der Waals surface area contributed by atoms with Crippen LogP contribution in [0, 0.1) is 0 Å². The Morgan fingerprint density at radius 2 is 1.68 bits per heavy atom. The van der Waals surface area contributed by atoms with E-state index in [2.05, 4.69) is 9.80 Å². The predicted molar refractivity (Wildman–Crippen MR) is 78.1 cm³/mol. The molecule has 0 spiro atoms. The fourth-order valence-corrected chi connectivity index (χ4v) is 3.36. The molecule has 0 atom stereocenters. The number of nitrogens with zero attached hydrogens (tertiary/aromatic N) is 2. The summed E-state index contributed by atoms with van der Waals surface area (Å²) in [6, 6.07) is 0.754. The molecule has 1 heterocycles. The highest BCUT2D eigenvalue weighted by molar-refractivity contribution is 5.75. The van der Waals surface area contributed by atoms with Gasteiger partial charge in [0, 0.05) is 25.7 Å². The Labute approximate surface area is 117 Å². The second-order valence-electron chi connectivity index (χ2n) is 5.96. The second kappa shape index (κ2) is 7.73. The van der Waals surface area contributed by atoms with E-state index in [1.807, 2.05) is 0 Å². The summed E-state index contributed by atoms with van der Waals surface area (Å²) >= 11 is 0. The standard InChI is InChI=1S/C15H29N3O/c16-10-7-13-18(14-8-3-4-9-14)15(19)17-11-5-1-2-6-12-17/h14H,1-13,16H2. The minimum Gasteiger partial charge on any atom is -0.330 e. The van der Waals surface area contributed by atoms with Gasteiger partial charge in [-0.15, -0.1) is 0 Å². The number of carbonyl (C=O) groups is 1. The minimum absolute atomic E-state index is 0.280. The van der Waals surface area contributed by atoms with Crippen LogP contribution in [0.15, 0.2) is 0 Å². The second-order valence-corrected chi connectivity index (χ2v) is 5.96. The molecular formula is C15H29N3O. The molecule has 0 aromatic carbocycles. The van der Waals surface area contributed by atoms with Gasteiger partial charge in [-0.05, 0) is 38.6 Å². The number of rotatable bonds is 4. The first-order valence-corrected chi connectivity index (χ1v) is 8.08. The van der Waals surface area contributed by atoms with Crippen molar-refractivity contribution in [3.63, 3.8) is 0 Å². The Hall–Kier alpha value is -0.770. The maximum atomic E-state index is 12.8. The van der Waals surface area contributed by atoms with E-state index in [-0.39, 0.29) is 6.03 Å². The van der Waals surface area contributed by atoms with Gasteiger partial charge in [0.2, 0.25) is 0 Å². The van der Waals surface area contributed by atoms with Gasteiger partial charge >= 0.3 is 6.03 Å². The van der Waals surface area contributed by atoms with Crippen LogP contribution >= 0.6 is 0 Å². The maximum absolute atomic E-state index is 12.8. The Bertz CT molecular complexity index is 269. The lowest BCUT2D eigenvalue weighted by Gasteiger charge is -2.34. The van der Waals surface area contributed by atoms with E-state index >= 15 is 0 Å². The Kier molecular flexibility index (Phi) is 5.95. The smallest absolute Gasteiger partial charge is 0.320 e. The SMILES string of the molecule is NCCCN(C(=O)N1CCCCCC1)C1CCCC1. The van der Waals surface area contributed by atoms with E-state index in [0.29, 0.717) is 12.6 Å². The number of hydrogen-bond donors (Lipinski definition) is 1. The van der Waals surface area contributed by atoms with Gasteiger partial charge in [-0.2, -0.15) is 0 Å². The van der Waals surface area contributed by atoms with Gasteiger partial charge in [-0.3, -0.25) is 0 Å². The highest BCUT2D eigenvalue weighted by atomic mass is 16.2. The molecule has 0 aromatic rings. The monoisotopic (exact) mass is 267 g/mol. The molecule has 2 aliphatic rings. The van der Waals surface area contributed by atoms with E-state index in [0.717, 1.165) is 26.1 Å². The van der Waals surface area contributed by atoms with E-state index < -0.39 is 0 Å². The third-order valence-corrected chi connectivity index (χ3v) is 4.49. The highest BCUT2D eigenvalue weighted by Crippen LogP contribution is 2.25. The highest BCUT2D eigenvalue weighted by Gasteiger charge is 2.29. The molecule has 2 fully saturated rings. The number of carbonyl (C=O) groups excluding carboxylic acids is 1. The van der Waals surface area contributed by atoms with Crippen LogP contribution in [0.3, 0.4) is 0 Å². The van der Waals surface area contributed by atoms with Gasteiger partial charge in [-0.1, -0.05) is 25.7 Å². The summed E-state index contributed by atoms with van der Waals surface area (Å²) in [6.07, 6.45) is 10.7. The van der Waals surface area contributed by atoms with Crippen LogP contribution in [0.4, 0.5) is 4.79 Å². The number of amides is 2. The molecule has 2 N–H and O–H groups in total. The van der Waals surface area contributed by atoms with Crippen LogP contribution in [0.2, 0.25) is 0 Å². The van der Waals surface area contributed by atoms with Crippen molar-refractivity contribution in [2.24, 2.45) is 5.73 Å². The average Bonchev–Trinajstić information content (AvgIpc) is 2.81. The minimum atomic E-state index is 0.280. The van der Waals surface area contributed by atoms with Gasteiger partial charge in [0.15, 0.2) is 0 Å². The fraction of sp³-hybridized carbons (Fsp3) is 0.933. The van der Waals surface area contributed by atoms with Crippen LogP contribution in [0.5, 0.6) is 0 Å². The van der Waals surface area contributed by atoms with Crippen molar-refractivity contribution in [1.29, 1.82) is 0 Å².